The smallest absolute Gasteiger partial charge is 0.355 e. The van der Waals surface area contributed by atoms with Gasteiger partial charge in [-0.3, -0.25) is 9.36 Å². The molecule has 0 bridgehead atoms. The highest BCUT2D eigenvalue weighted by Gasteiger charge is 2.31. The Labute approximate surface area is 194 Å². The number of para-hydroxylation sites is 1. The van der Waals surface area contributed by atoms with Crippen molar-refractivity contribution in [2.45, 2.75) is 24.7 Å². The Morgan fingerprint density at radius 3 is 2.61 bits per heavy atom. The van der Waals surface area contributed by atoms with Gasteiger partial charge in [0.1, 0.15) is 5.82 Å². The fraction of sp³-hybridized carbons (Fsp3) is 0.348. The molecule has 0 saturated carbocycles. The Balaban J connectivity index is 1.35. The first-order valence-corrected chi connectivity index (χ1v) is 11.6. The number of rotatable bonds is 5. The minimum Gasteiger partial charge on any atom is -0.355 e. The van der Waals surface area contributed by atoms with E-state index in [-0.39, 0.29) is 11.7 Å². The van der Waals surface area contributed by atoms with Crippen molar-refractivity contribution in [1.29, 1.82) is 0 Å². The summed E-state index contributed by atoms with van der Waals surface area (Å²) in [4.78, 5) is 25.0. The van der Waals surface area contributed by atoms with Gasteiger partial charge >= 0.3 is 6.18 Å². The monoisotopic (exact) mass is 475 g/mol. The van der Waals surface area contributed by atoms with Gasteiger partial charge < -0.3 is 9.80 Å². The molecule has 0 spiro atoms. The number of hydrogen-bond acceptors (Lipinski definition) is 5. The lowest BCUT2D eigenvalue weighted by atomic mass is 10.2. The highest BCUT2D eigenvalue weighted by molar-refractivity contribution is 7.99. The fourth-order valence-electron chi connectivity index (χ4n) is 3.77. The van der Waals surface area contributed by atoms with Crippen LogP contribution < -0.4 is 4.90 Å². The van der Waals surface area contributed by atoms with E-state index in [2.05, 4.69) is 9.97 Å². The number of imidazole rings is 1. The van der Waals surface area contributed by atoms with Crippen LogP contribution in [0.4, 0.5) is 19.0 Å². The molecule has 0 aliphatic carbocycles. The summed E-state index contributed by atoms with van der Waals surface area (Å²) in [5.41, 5.74) is 1.38. The lowest BCUT2D eigenvalue weighted by molar-refractivity contribution is -0.137. The first kappa shape index (κ1) is 23.2. The summed E-state index contributed by atoms with van der Waals surface area (Å²) in [6, 6.07) is 10.4. The van der Waals surface area contributed by atoms with E-state index in [1.54, 1.807) is 11.1 Å². The standard InChI is InChI=1S/C23H24F3N5OS/c1-17-5-2-3-6-19(17)31-12-9-27-22(31)33-16-21(32)30-11-4-10-29(13-14-30)20-8-7-18(15-28-20)23(24,25)26/h2-3,5-9,12,15H,4,10-11,13-14,16H2,1H3. The van der Waals surface area contributed by atoms with Gasteiger partial charge in [-0.1, -0.05) is 30.0 Å². The van der Waals surface area contributed by atoms with Crippen molar-refractivity contribution in [3.8, 4) is 5.69 Å². The van der Waals surface area contributed by atoms with E-state index < -0.39 is 11.7 Å². The summed E-state index contributed by atoms with van der Waals surface area (Å²) >= 11 is 1.40. The lowest BCUT2D eigenvalue weighted by Gasteiger charge is -2.23. The van der Waals surface area contributed by atoms with Gasteiger partial charge in [-0.15, -0.1) is 0 Å². The van der Waals surface area contributed by atoms with Gasteiger partial charge in [-0.25, -0.2) is 9.97 Å². The summed E-state index contributed by atoms with van der Waals surface area (Å²) in [5.74, 6) is 0.773. The van der Waals surface area contributed by atoms with Crippen molar-refractivity contribution in [2.75, 3.05) is 36.8 Å². The maximum Gasteiger partial charge on any atom is 0.417 e. The zero-order valence-corrected chi connectivity index (χ0v) is 18.9. The number of halogens is 3. The number of hydrogen-bond donors (Lipinski definition) is 0. The molecule has 6 nitrogen and oxygen atoms in total. The van der Waals surface area contributed by atoms with E-state index in [1.807, 2.05) is 46.9 Å². The largest absolute Gasteiger partial charge is 0.417 e. The predicted molar refractivity (Wildman–Crippen MR) is 122 cm³/mol. The van der Waals surface area contributed by atoms with Crippen molar-refractivity contribution in [1.82, 2.24) is 19.4 Å². The molecular weight excluding hydrogens is 451 g/mol. The van der Waals surface area contributed by atoms with Crippen LogP contribution in [0.25, 0.3) is 5.69 Å². The van der Waals surface area contributed by atoms with Crippen LogP contribution in [0.3, 0.4) is 0 Å². The molecule has 1 fully saturated rings. The van der Waals surface area contributed by atoms with Gasteiger partial charge in [0.25, 0.3) is 0 Å². The van der Waals surface area contributed by atoms with Crippen LogP contribution in [0.5, 0.6) is 0 Å². The molecule has 1 amide bonds. The second kappa shape index (κ2) is 9.86. The molecule has 1 saturated heterocycles. The third-order valence-electron chi connectivity index (χ3n) is 5.55. The Bertz CT molecular complexity index is 1100. The summed E-state index contributed by atoms with van der Waals surface area (Å²) in [5, 5.41) is 0.753. The van der Waals surface area contributed by atoms with Crippen LogP contribution in [0.2, 0.25) is 0 Å². The zero-order chi connectivity index (χ0) is 23.4. The normalized spacial score (nSPS) is 14.9. The summed E-state index contributed by atoms with van der Waals surface area (Å²) in [7, 11) is 0. The van der Waals surface area contributed by atoms with Crippen LogP contribution in [-0.4, -0.2) is 57.3 Å². The van der Waals surface area contributed by atoms with E-state index in [4.69, 9.17) is 0 Å². The first-order chi connectivity index (χ1) is 15.8. The van der Waals surface area contributed by atoms with Crippen LogP contribution in [0.15, 0.2) is 60.1 Å². The number of anilines is 1. The molecule has 3 heterocycles. The van der Waals surface area contributed by atoms with Gasteiger partial charge in [-0.2, -0.15) is 13.2 Å². The Hall–Kier alpha value is -3.01. The first-order valence-electron chi connectivity index (χ1n) is 10.6. The van der Waals surface area contributed by atoms with Crippen molar-refractivity contribution in [2.24, 2.45) is 0 Å². The number of pyridine rings is 1. The molecule has 0 N–H and O–H groups in total. The number of nitrogens with zero attached hydrogens (tertiary/aromatic N) is 5. The summed E-state index contributed by atoms with van der Waals surface area (Å²) < 4.78 is 40.3. The quantitative estimate of drug-likeness (QED) is 0.511. The molecule has 0 unspecified atom stereocenters. The summed E-state index contributed by atoms with van der Waals surface area (Å²) in [6.07, 6.45) is 0.780. The predicted octanol–water partition coefficient (Wildman–Crippen LogP) is 4.43. The van der Waals surface area contributed by atoms with Crippen LogP contribution >= 0.6 is 11.8 Å². The average Bonchev–Trinajstić information content (AvgIpc) is 3.12. The van der Waals surface area contributed by atoms with E-state index in [1.165, 1.54) is 17.8 Å². The van der Waals surface area contributed by atoms with Gasteiger partial charge in [0.2, 0.25) is 5.91 Å². The lowest BCUT2D eigenvalue weighted by Crippen LogP contribution is -2.36. The summed E-state index contributed by atoms with van der Waals surface area (Å²) in [6.45, 7) is 4.28. The molecular formula is C23H24F3N5OS. The molecule has 33 heavy (non-hydrogen) atoms. The number of aromatic nitrogens is 3. The SMILES string of the molecule is Cc1ccccc1-n1ccnc1SCC(=O)N1CCCN(c2ccc(C(F)(F)F)cn2)CC1. The molecule has 10 heteroatoms. The zero-order valence-electron chi connectivity index (χ0n) is 18.1. The van der Waals surface area contributed by atoms with Gasteiger partial charge in [0, 0.05) is 44.8 Å². The molecule has 2 aromatic heterocycles. The molecule has 0 atom stereocenters. The fourth-order valence-corrected chi connectivity index (χ4v) is 4.64. The van der Waals surface area contributed by atoms with E-state index in [9.17, 15) is 18.0 Å². The average molecular weight is 476 g/mol. The van der Waals surface area contributed by atoms with Gasteiger partial charge in [-0.05, 0) is 37.1 Å². The van der Waals surface area contributed by atoms with Gasteiger partial charge in [0.15, 0.2) is 5.16 Å². The number of alkyl halides is 3. The molecule has 1 aromatic carbocycles. The molecule has 174 valence electrons. The number of amides is 1. The second-order valence-corrected chi connectivity index (χ2v) is 8.72. The second-order valence-electron chi connectivity index (χ2n) is 7.78. The highest BCUT2D eigenvalue weighted by atomic mass is 32.2. The van der Waals surface area contributed by atoms with Crippen molar-refractivity contribution in [3.05, 3.63) is 66.1 Å². The molecule has 4 rings (SSSR count). The van der Waals surface area contributed by atoms with E-state index >= 15 is 0 Å². The van der Waals surface area contributed by atoms with Crippen molar-refractivity contribution < 1.29 is 18.0 Å². The number of aryl methyl sites for hydroxylation is 1. The van der Waals surface area contributed by atoms with E-state index in [0.29, 0.717) is 32.0 Å². The number of carbonyl (C=O) groups is 1. The van der Waals surface area contributed by atoms with Crippen LogP contribution in [0.1, 0.15) is 17.5 Å². The highest BCUT2D eigenvalue weighted by Crippen LogP contribution is 2.29. The molecule has 1 aliphatic rings. The minimum absolute atomic E-state index is 0.0153. The third-order valence-corrected chi connectivity index (χ3v) is 6.51. The Morgan fingerprint density at radius 2 is 1.88 bits per heavy atom. The van der Waals surface area contributed by atoms with Crippen LogP contribution in [-0.2, 0) is 11.0 Å². The maximum absolute atomic E-state index is 12.9. The van der Waals surface area contributed by atoms with E-state index in [0.717, 1.165) is 35.1 Å². The van der Waals surface area contributed by atoms with Crippen molar-refractivity contribution in [3.63, 3.8) is 0 Å². The molecule has 0 radical (unpaired) electrons. The topological polar surface area (TPSA) is 54.3 Å². The minimum atomic E-state index is -4.40. The van der Waals surface area contributed by atoms with Crippen LogP contribution in [0, 0.1) is 6.92 Å². The van der Waals surface area contributed by atoms with Crippen molar-refractivity contribution >= 4 is 23.5 Å². The number of thioether (sulfide) groups is 1. The maximum atomic E-state index is 12.9. The number of benzene rings is 1. The molecule has 1 aliphatic heterocycles. The van der Waals surface area contributed by atoms with Gasteiger partial charge in [0.05, 0.1) is 17.0 Å². The Morgan fingerprint density at radius 1 is 1.06 bits per heavy atom. The Kier molecular flexibility index (Phi) is 6.92. The number of carbonyl (C=O) groups excluding carboxylic acids is 1. The molecule has 3 aromatic rings. The third kappa shape index (κ3) is 5.50.